The minimum atomic E-state index is -0.820. The summed E-state index contributed by atoms with van der Waals surface area (Å²) in [5, 5.41) is 9.26. The summed E-state index contributed by atoms with van der Waals surface area (Å²) in [6.45, 7) is 6.96. The van der Waals surface area contributed by atoms with Crippen molar-refractivity contribution in [3.05, 3.63) is 29.3 Å². The van der Waals surface area contributed by atoms with Crippen LogP contribution in [0.4, 0.5) is 5.69 Å². The molecular formula is C16H21NO3. The van der Waals surface area contributed by atoms with E-state index in [-0.39, 0.29) is 5.41 Å². The van der Waals surface area contributed by atoms with Crippen LogP contribution in [0.5, 0.6) is 0 Å². The topological polar surface area (TPSA) is 57.6 Å². The first-order valence-corrected chi connectivity index (χ1v) is 6.94. The van der Waals surface area contributed by atoms with Gasteiger partial charge in [0, 0.05) is 17.8 Å². The van der Waals surface area contributed by atoms with Crippen LogP contribution in [0.3, 0.4) is 0 Å². The van der Waals surface area contributed by atoms with E-state index in [4.69, 9.17) is 0 Å². The fourth-order valence-electron chi connectivity index (χ4n) is 2.69. The Balaban J connectivity index is 2.42. The lowest BCUT2D eigenvalue weighted by atomic mass is 9.86. The van der Waals surface area contributed by atoms with Gasteiger partial charge in [-0.15, -0.1) is 0 Å². The fraction of sp³-hybridized carbons (Fsp3) is 0.500. The zero-order chi connectivity index (χ0) is 14.9. The molecule has 1 aliphatic rings. The Morgan fingerprint density at radius 1 is 1.40 bits per heavy atom. The molecule has 1 aliphatic heterocycles. The van der Waals surface area contributed by atoms with Crippen molar-refractivity contribution in [3.8, 4) is 0 Å². The zero-order valence-corrected chi connectivity index (χ0v) is 12.2. The van der Waals surface area contributed by atoms with Gasteiger partial charge >= 0.3 is 5.97 Å². The maximum absolute atomic E-state index is 11.4. The smallest absolute Gasteiger partial charge is 0.326 e. The van der Waals surface area contributed by atoms with Crippen LogP contribution in [-0.4, -0.2) is 29.9 Å². The van der Waals surface area contributed by atoms with Crippen molar-refractivity contribution >= 4 is 17.9 Å². The second-order valence-corrected chi connectivity index (χ2v) is 6.33. The van der Waals surface area contributed by atoms with Crippen LogP contribution < -0.4 is 4.90 Å². The predicted octanol–water partition coefficient (Wildman–Crippen LogP) is 2.85. The number of anilines is 1. The quantitative estimate of drug-likeness (QED) is 0.862. The SMILES string of the molecule is CC(C)(C)c1ccc(N2CCC[C@H]2C(=O)O)c(C=O)c1. The molecule has 0 unspecified atom stereocenters. The van der Waals surface area contributed by atoms with Gasteiger partial charge in [0.25, 0.3) is 0 Å². The summed E-state index contributed by atoms with van der Waals surface area (Å²) in [7, 11) is 0. The van der Waals surface area contributed by atoms with Crippen molar-refractivity contribution in [2.24, 2.45) is 0 Å². The van der Waals surface area contributed by atoms with E-state index in [0.29, 0.717) is 18.5 Å². The molecule has 1 N–H and O–H groups in total. The van der Waals surface area contributed by atoms with Gasteiger partial charge in [-0.1, -0.05) is 26.8 Å². The largest absolute Gasteiger partial charge is 0.480 e. The minimum Gasteiger partial charge on any atom is -0.480 e. The number of carbonyl (C=O) groups excluding carboxylic acids is 1. The van der Waals surface area contributed by atoms with E-state index in [2.05, 4.69) is 20.8 Å². The van der Waals surface area contributed by atoms with Gasteiger partial charge in [-0.05, 0) is 36.0 Å². The Bertz CT molecular complexity index is 531. The van der Waals surface area contributed by atoms with Gasteiger partial charge in [0.2, 0.25) is 0 Å². The van der Waals surface area contributed by atoms with Crippen molar-refractivity contribution in [3.63, 3.8) is 0 Å². The molecule has 0 aliphatic carbocycles. The summed E-state index contributed by atoms with van der Waals surface area (Å²) >= 11 is 0. The van der Waals surface area contributed by atoms with Crippen LogP contribution >= 0.6 is 0 Å². The third kappa shape index (κ3) is 2.69. The van der Waals surface area contributed by atoms with E-state index in [1.807, 2.05) is 23.1 Å². The lowest BCUT2D eigenvalue weighted by molar-refractivity contribution is -0.138. The average Bonchev–Trinajstić information content (AvgIpc) is 2.86. The van der Waals surface area contributed by atoms with Gasteiger partial charge in [0.05, 0.1) is 0 Å². The molecule has 0 radical (unpaired) electrons. The second kappa shape index (κ2) is 5.27. The summed E-state index contributed by atoms with van der Waals surface area (Å²) in [5.41, 5.74) is 2.35. The van der Waals surface area contributed by atoms with E-state index in [1.54, 1.807) is 0 Å². The number of aliphatic carboxylic acids is 1. The maximum atomic E-state index is 11.4. The highest BCUT2D eigenvalue weighted by molar-refractivity contribution is 5.88. The zero-order valence-electron chi connectivity index (χ0n) is 12.2. The number of carboxylic acids is 1. The summed E-state index contributed by atoms with van der Waals surface area (Å²) < 4.78 is 0. The van der Waals surface area contributed by atoms with Gasteiger partial charge in [-0.3, -0.25) is 4.79 Å². The second-order valence-electron chi connectivity index (χ2n) is 6.33. The van der Waals surface area contributed by atoms with Crippen molar-refractivity contribution < 1.29 is 14.7 Å². The third-order valence-electron chi connectivity index (χ3n) is 3.87. The number of hydrogen-bond acceptors (Lipinski definition) is 3. The van der Waals surface area contributed by atoms with E-state index in [1.165, 1.54) is 0 Å². The standard InChI is InChI=1S/C16H21NO3/c1-16(2,3)12-6-7-13(11(9-12)10-18)17-8-4-5-14(17)15(19)20/h6-7,9-10,14H,4-5,8H2,1-3H3,(H,19,20)/t14-/m0/s1. The van der Waals surface area contributed by atoms with Crippen LogP contribution in [0.25, 0.3) is 0 Å². The molecule has 0 spiro atoms. The van der Waals surface area contributed by atoms with Crippen LogP contribution in [-0.2, 0) is 10.2 Å². The van der Waals surface area contributed by atoms with Gasteiger partial charge in [0.1, 0.15) is 6.04 Å². The highest BCUT2D eigenvalue weighted by atomic mass is 16.4. The molecule has 0 amide bonds. The summed E-state index contributed by atoms with van der Waals surface area (Å²) in [6, 6.07) is 5.22. The Labute approximate surface area is 119 Å². The number of carboxylic acid groups (broad SMARTS) is 1. The van der Waals surface area contributed by atoms with Crippen LogP contribution in [0.15, 0.2) is 18.2 Å². The summed E-state index contributed by atoms with van der Waals surface area (Å²) in [6.07, 6.45) is 2.30. The van der Waals surface area contributed by atoms with Crippen LogP contribution in [0, 0.1) is 0 Å². The lowest BCUT2D eigenvalue weighted by Gasteiger charge is -2.27. The van der Waals surface area contributed by atoms with Gasteiger partial charge in [0.15, 0.2) is 6.29 Å². The average molecular weight is 275 g/mol. The van der Waals surface area contributed by atoms with Gasteiger partial charge in [-0.2, -0.15) is 0 Å². The molecule has 108 valence electrons. The number of aldehydes is 1. The fourth-order valence-corrected chi connectivity index (χ4v) is 2.69. The first-order valence-electron chi connectivity index (χ1n) is 6.94. The van der Waals surface area contributed by atoms with Crippen molar-refractivity contribution in [2.75, 3.05) is 11.4 Å². The number of nitrogens with zero attached hydrogens (tertiary/aromatic N) is 1. The first kappa shape index (κ1) is 14.6. The molecule has 1 heterocycles. The molecule has 2 rings (SSSR count). The molecule has 1 atom stereocenters. The van der Waals surface area contributed by atoms with Gasteiger partial charge in [-0.25, -0.2) is 4.79 Å². The maximum Gasteiger partial charge on any atom is 0.326 e. The number of carbonyl (C=O) groups is 2. The van der Waals surface area contributed by atoms with Crippen molar-refractivity contribution in [1.29, 1.82) is 0 Å². The summed E-state index contributed by atoms with van der Waals surface area (Å²) in [4.78, 5) is 24.5. The highest BCUT2D eigenvalue weighted by Gasteiger charge is 2.32. The monoisotopic (exact) mass is 275 g/mol. The van der Waals surface area contributed by atoms with E-state index < -0.39 is 12.0 Å². The molecule has 0 aromatic heterocycles. The summed E-state index contributed by atoms with van der Waals surface area (Å²) in [5.74, 6) is -0.820. The molecule has 1 aromatic carbocycles. The Hall–Kier alpha value is -1.84. The Morgan fingerprint density at radius 2 is 2.10 bits per heavy atom. The predicted molar refractivity (Wildman–Crippen MR) is 78.5 cm³/mol. The minimum absolute atomic E-state index is 0.0342. The van der Waals surface area contributed by atoms with E-state index in [9.17, 15) is 14.7 Å². The Morgan fingerprint density at radius 3 is 2.65 bits per heavy atom. The van der Waals surface area contributed by atoms with Gasteiger partial charge < -0.3 is 10.0 Å². The third-order valence-corrected chi connectivity index (χ3v) is 3.87. The number of hydrogen-bond donors (Lipinski definition) is 1. The van der Waals surface area contributed by atoms with Crippen LogP contribution in [0.2, 0.25) is 0 Å². The van der Waals surface area contributed by atoms with Crippen LogP contribution in [0.1, 0.15) is 49.5 Å². The van der Waals surface area contributed by atoms with Crippen molar-refractivity contribution in [2.45, 2.75) is 45.1 Å². The molecule has 0 saturated carbocycles. The molecule has 1 fully saturated rings. The number of rotatable bonds is 3. The molecule has 20 heavy (non-hydrogen) atoms. The van der Waals surface area contributed by atoms with Crippen molar-refractivity contribution in [1.82, 2.24) is 0 Å². The normalized spacial score (nSPS) is 19.1. The Kier molecular flexibility index (Phi) is 3.84. The van der Waals surface area contributed by atoms with E-state index >= 15 is 0 Å². The molecule has 0 bridgehead atoms. The lowest BCUT2D eigenvalue weighted by Crippen LogP contribution is -2.36. The number of benzene rings is 1. The molecule has 1 saturated heterocycles. The molecule has 4 heteroatoms. The first-order chi connectivity index (χ1) is 9.34. The van der Waals surface area contributed by atoms with E-state index in [0.717, 1.165) is 24.0 Å². The molecule has 4 nitrogen and oxygen atoms in total. The highest BCUT2D eigenvalue weighted by Crippen LogP contribution is 2.32. The molecule has 1 aromatic rings. The molecular weight excluding hydrogens is 254 g/mol.